The minimum absolute atomic E-state index is 0.0457. The molecule has 0 aromatic carbocycles. The van der Waals surface area contributed by atoms with Gasteiger partial charge in [0.15, 0.2) is 0 Å². The zero-order valence-corrected chi connectivity index (χ0v) is 16.8. The highest BCUT2D eigenvalue weighted by molar-refractivity contribution is 5.87. The first-order valence-electron chi connectivity index (χ1n) is 8.94. The summed E-state index contributed by atoms with van der Waals surface area (Å²) >= 11 is 0. The molecule has 6 heteroatoms. The Morgan fingerprint density at radius 3 is 2.35 bits per heavy atom. The molecule has 0 spiro atoms. The van der Waals surface area contributed by atoms with Gasteiger partial charge in [0.25, 0.3) is 0 Å². The van der Waals surface area contributed by atoms with Crippen molar-refractivity contribution in [3.05, 3.63) is 35.2 Å². The van der Waals surface area contributed by atoms with E-state index in [-0.39, 0.29) is 23.8 Å². The molecule has 2 rings (SSSR count). The van der Waals surface area contributed by atoms with Crippen LogP contribution >= 0.6 is 0 Å². The van der Waals surface area contributed by atoms with Crippen LogP contribution in [0.5, 0.6) is 0 Å². The van der Waals surface area contributed by atoms with E-state index in [9.17, 15) is 9.59 Å². The van der Waals surface area contributed by atoms with Crippen LogP contribution in [0, 0.1) is 16.7 Å². The van der Waals surface area contributed by atoms with Crippen LogP contribution < -0.4 is 11.1 Å². The summed E-state index contributed by atoms with van der Waals surface area (Å²) in [5.41, 5.74) is 7.11. The molecule has 0 bridgehead atoms. The number of esters is 1. The van der Waals surface area contributed by atoms with Crippen molar-refractivity contribution < 1.29 is 14.3 Å². The number of ether oxygens (including phenoxy) is 1. The monoisotopic (exact) mass is 361 g/mol. The number of hydrogen-bond donors (Lipinski definition) is 2. The molecule has 1 aliphatic heterocycles. The lowest BCUT2D eigenvalue weighted by Crippen LogP contribution is -2.40. The van der Waals surface area contributed by atoms with Crippen LogP contribution in [0.1, 0.15) is 34.6 Å². The summed E-state index contributed by atoms with van der Waals surface area (Å²) in [6.45, 7) is 10.2. The number of nitrogens with one attached hydrogen (secondary N) is 1. The lowest BCUT2D eigenvalue weighted by atomic mass is 9.79. The SMILES string of the molecule is COC(=O)C(C)(C)C1=CC(NC(=O)C(C)(C)C2=CC(N)CN2C)=CC1C. The van der Waals surface area contributed by atoms with E-state index in [2.05, 4.69) is 5.32 Å². The van der Waals surface area contributed by atoms with Gasteiger partial charge in [0, 0.05) is 31.0 Å². The molecule has 2 aliphatic rings. The van der Waals surface area contributed by atoms with Crippen molar-refractivity contribution in [2.24, 2.45) is 22.5 Å². The Balaban J connectivity index is 2.18. The molecule has 6 nitrogen and oxygen atoms in total. The van der Waals surface area contributed by atoms with Crippen molar-refractivity contribution in [3.8, 4) is 0 Å². The maximum Gasteiger partial charge on any atom is 0.315 e. The third-order valence-electron chi connectivity index (χ3n) is 5.38. The predicted molar refractivity (Wildman–Crippen MR) is 102 cm³/mol. The van der Waals surface area contributed by atoms with Gasteiger partial charge >= 0.3 is 5.97 Å². The Bertz CT molecular complexity index is 701. The van der Waals surface area contributed by atoms with Crippen LogP contribution in [0.2, 0.25) is 0 Å². The summed E-state index contributed by atoms with van der Waals surface area (Å²) in [5, 5.41) is 3.01. The van der Waals surface area contributed by atoms with E-state index in [1.165, 1.54) is 7.11 Å². The van der Waals surface area contributed by atoms with E-state index in [4.69, 9.17) is 10.5 Å². The topological polar surface area (TPSA) is 84.7 Å². The van der Waals surface area contributed by atoms with Gasteiger partial charge in [-0.05, 0) is 51.3 Å². The van der Waals surface area contributed by atoms with Gasteiger partial charge in [-0.15, -0.1) is 0 Å². The summed E-state index contributed by atoms with van der Waals surface area (Å²) in [5.74, 6) is -0.343. The van der Waals surface area contributed by atoms with Gasteiger partial charge in [0.1, 0.15) is 0 Å². The second-order valence-electron chi connectivity index (χ2n) is 8.30. The molecule has 1 aliphatic carbocycles. The average Bonchev–Trinajstić information content (AvgIpc) is 3.08. The Morgan fingerprint density at radius 1 is 1.23 bits per heavy atom. The number of carbonyl (C=O) groups is 2. The van der Waals surface area contributed by atoms with Crippen molar-refractivity contribution in [2.75, 3.05) is 20.7 Å². The van der Waals surface area contributed by atoms with Crippen molar-refractivity contribution in [1.29, 1.82) is 0 Å². The number of methoxy groups -OCH3 is 1. The quantitative estimate of drug-likeness (QED) is 0.731. The summed E-state index contributed by atoms with van der Waals surface area (Å²) in [6.07, 6.45) is 5.80. The van der Waals surface area contributed by atoms with Crippen molar-refractivity contribution in [1.82, 2.24) is 10.2 Å². The third-order valence-corrected chi connectivity index (χ3v) is 5.38. The number of nitrogens with zero attached hydrogens (tertiary/aromatic N) is 1. The molecule has 0 radical (unpaired) electrons. The standard InChI is InChI=1S/C20H31N3O3/c1-12-8-14(10-15(12)19(2,3)18(25)26-7)22-17(24)20(4,5)16-9-13(21)11-23(16)6/h8-10,12-13H,11,21H2,1-7H3,(H,22,24). The molecule has 0 aromatic heterocycles. The zero-order valence-electron chi connectivity index (χ0n) is 16.8. The minimum atomic E-state index is -0.742. The normalized spacial score (nSPS) is 23.4. The fraction of sp³-hybridized carbons (Fsp3) is 0.600. The zero-order chi connectivity index (χ0) is 19.9. The number of allylic oxidation sites excluding steroid dienone is 2. The molecule has 26 heavy (non-hydrogen) atoms. The second-order valence-corrected chi connectivity index (χ2v) is 8.30. The molecule has 144 valence electrons. The molecule has 0 saturated heterocycles. The molecule has 0 aromatic rings. The highest BCUT2D eigenvalue weighted by atomic mass is 16.5. The second kappa shape index (κ2) is 6.91. The average molecular weight is 361 g/mol. The summed E-state index contributed by atoms with van der Waals surface area (Å²) in [7, 11) is 3.33. The smallest absolute Gasteiger partial charge is 0.315 e. The number of nitrogens with two attached hydrogens (primary N) is 1. The lowest BCUT2D eigenvalue weighted by Gasteiger charge is -2.30. The fourth-order valence-corrected chi connectivity index (χ4v) is 3.79. The van der Waals surface area contributed by atoms with Crippen LogP contribution in [0.15, 0.2) is 35.2 Å². The number of amides is 1. The molecule has 3 N–H and O–H groups in total. The van der Waals surface area contributed by atoms with Crippen LogP contribution in [-0.2, 0) is 14.3 Å². The summed E-state index contributed by atoms with van der Waals surface area (Å²) in [6, 6.07) is -0.0554. The predicted octanol–water partition coefficient (Wildman–Crippen LogP) is 1.94. The Labute approximate surface area is 156 Å². The molecule has 1 amide bonds. The minimum Gasteiger partial charge on any atom is -0.468 e. The molecular formula is C20H31N3O3. The van der Waals surface area contributed by atoms with E-state index < -0.39 is 10.8 Å². The number of hydrogen-bond acceptors (Lipinski definition) is 5. The first kappa shape index (κ1) is 20.2. The first-order valence-corrected chi connectivity index (χ1v) is 8.94. The van der Waals surface area contributed by atoms with Crippen LogP contribution in [-0.4, -0.2) is 43.5 Å². The van der Waals surface area contributed by atoms with E-state index in [1.54, 1.807) is 0 Å². The highest BCUT2D eigenvalue weighted by Crippen LogP contribution is 2.39. The lowest BCUT2D eigenvalue weighted by molar-refractivity contribution is -0.148. The van der Waals surface area contributed by atoms with E-state index >= 15 is 0 Å². The van der Waals surface area contributed by atoms with Crippen molar-refractivity contribution in [2.45, 2.75) is 40.7 Å². The summed E-state index contributed by atoms with van der Waals surface area (Å²) in [4.78, 5) is 27.1. The molecule has 2 unspecified atom stereocenters. The highest BCUT2D eigenvalue weighted by Gasteiger charge is 2.40. The third kappa shape index (κ3) is 3.56. The fourth-order valence-electron chi connectivity index (χ4n) is 3.79. The van der Waals surface area contributed by atoms with Crippen LogP contribution in [0.3, 0.4) is 0 Å². The summed E-state index contributed by atoms with van der Waals surface area (Å²) < 4.78 is 4.92. The van der Waals surface area contributed by atoms with E-state index in [0.29, 0.717) is 12.2 Å². The van der Waals surface area contributed by atoms with Gasteiger partial charge in [-0.3, -0.25) is 9.59 Å². The molecule has 0 fully saturated rings. The Hall–Kier alpha value is -2.08. The maximum absolute atomic E-state index is 12.9. The van der Waals surface area contributed by atoms with Gasteiger partial charge in [-0.25, -0.2) is 0 Å². The Morgan fingerprint density at radius 2 is 1.85 bits per heavy atom. The van der Waals surface area contributed by atoms with Gasteiger partial charge < -0.3 is 20.7 Å². The van der Waals surface area contributed by atoms with Gasteiger partial charge in [-0.1, -0.05) is 13.0 Å². The van der Waals surface area contributed by atoms with E-state index in [0.717, 1.165) is 11.3 Å². The molecule has 2 atom stereocenters. The number of likely N-dealkylation sites (N-methyl/N-ethyl adjacent to an activating group) is 1. The van der Waals surface area contributed by atoms with Gasteiger partial charge in [-0.2, -0.15) is 0 Å². The van der Waals surface area contributed by atoms with Crippen molar-refractivity contribution in [3.63, 3.8) is 0 Å². The number of carbonyl (C=O) groups excluding carboxylic acids is 2. The molecular weight excluding hydrogens is 330 g/mol. The van der Waals surface area contributed by atoms with Gasteiger partial charge in [0.2, 0.25) is 5.91 Å². The van der Waals surface area contributed by atoms with Crippen molar-refractivity contribution >= 4 is 11.9 Å². The van der Waals surface area contributed by atoms with Gasteiger partial charge in [0.05, 0.1) is 17.9 Å². The van der Waals surface area contributed by atoms with Crippen LogP contribution in [0.4, 0.5) is 0 Å². The number of rotatable bonds is 5. The Kier molecular flexibility index (Phi) is 5.38. The first-order chi connectivity index (χ1) is 11.9. The van der Waals surface area contributed by atoms with E-state index in [1.807, 2.05) is 64.8 Å². The molecule has 1 heterocycles. The molecule has 0 saturated carbocycles. The maximum atomic E-state index is 12.9. The largest absolute Gasteiger partial charge is 0.468 e. The van der Waals surface area contributed by atoms with Crippen LogP contribution in [0.25, 0.3) is 0 Å².